The maximum Gasteiger partial charge on any atom is 0.234 e. The summed E-state index contributed by atoms with van der Waals surface area (Å²) < 4.78 is 0. The number of carbonyl (C=O) groups is 1. The summed E-state index contributed by atoms with van der Waals surface area (Å²) >= 11 is 3.59. The van der Waals surface area contributed by atoms with Gasteiger partial charge in [-0.05, 0) is 36.8 Å². The van der Waals surface area contributed by atoms with Crippen molar-refractivity contribution in [3.63, 3.8) is 0 Å². The second-order valence-corrected chi connectivity index (χ2v) is 8.51. The fourth-order valence-electron chi connectivity index (χ4n) is 2.75. The standard InChI is InChI=1S/C20H24N2OS2/c1-16-5-7-19(8-6-16)25-15-20(23)21-18-4-2-3-17(13-18)14-22-9-11-24-12-10-22/h2-8,13H,9-12,14-15H2,1H3,(H,21,23). The minimum Gasteiger partial charge on any atom is -0.325 e. The molecule has 0 aromatic heterocycles. The largest absolute Gasteiger partial charge is 0.325 e. The van der Waals surface area contributed by atoms with E-state index < -0.39 is 0 Å². The van der Waals surface area contributed by atoms with E-state index in [9.17, 15) is 4.79 Å². The molecule has 25 heavy (non-hydrogen) atoms. The molecule has 3 rings (SSSR count). The Bertz CT molecular complexity index is 697. The minimum atomic E-state index is 0.0390. The lowest BCUT2D eigenvalue weighted by Crippen LogP contribution is -2.31. The van der Waals surface area contributed by atoms with Gasteiger partial charge in [-0.25, -0.2) is 0 Å². The predicted octanol–water partition coefficient (Wildman–Crippen LogP) is 4.27. The molecule has 1 fully saturated rings. The van der Waals surface area contributed by atoms with Gasteiger partial charge in [-0.15, -0.1) is 11.8 Å². The molecule has 5 heteroatoms. The average molecular weight is 373 g/mol. The summed E-state index contributed by atoms with van der Waals surface area (Å²) in [6, 6.07) is 16.5. The van der Waals surface area contributed by atoms with Crippen molar-refractivity contribution in [2.45, 2.75) is 18.4 Å². The second-order valence-electron chi connectivity index (χ2n) is 6.24. The normalized spacial score (nSPS) is 15.1. The van der Waals surface area contributed by atoms with Crippen LogP contribution in [0, 0.1) is 6.92 Å². The summed E-state index contributed by atoms with van der Waals surface area (Å²) in [4.78, 5) is 15.8. The van der Waals surface area contributed by atoms with E-state index in [4.69, 9.17) is 0 Å². The molecule has 0 unspecified atom stereocenters. The Morgan fingerprint density at radius 2 is 1.92 bits per heavy atom. The zero-order valence-corrected chi connectivity index (χ0v) is 16.2. The van der Waals surface area contributed by atoms with E-state index in [-0.39, 0.29) is 5.91 Å². The molecular weight excluding hydrogens is 348 g/mol. The van der Waals surface area contributed by atoms with Gasteiger partial charge in [0.1, 0.15) is 0 Å². The average Bonchev–Trinajstić information content (AvgIpc) is 2.62. The molecule has 0 saturated carbocycles. The van der Waals surface area contributed by atoms with Gasteiger partial charge in [0.15, 0.2) is 0 Å². The van der Waals surface area contributed by atoms with E-state index in [1.165, 1.54) is 22.6 Å². The molecule has 132 valence electrons. The van der Waals surface area contributed by atoms with Crippen LogP contribution in [0.2, 0.25) is 0 Å². The van der Waals surface area contributed by atoms with Crippen LogP contribution >= 0.6 is 23.5 Å². The molecule has 0 bridgehead atoms. The molecule has 2 aromatic carbocycles. The topological polar surface area (TPSA) is 32.3 Å². The molecule has 1 N–H and O–H groups in total. The number of anilines is 1. The number of nitrogens with zero attached hydrogens (tertiary/aromatic N) is 1. The van der Waals surface area contributed by atoms with Crippen molar-refractivity contribution in [1.82, 2.24) is 4.90 Å². The third-order valence-corrected chi connectivity index (χ3v) is 6.07. The molecular formula is C20H24N2OS2. The second kappa shape index (κ2) is 9.32. The number of nitrogens with one attached hydrogen (secondary N) is 1. The maximum absolute atomic E-state index is 12.2. The number of hydrogen-bond acceptors (Lipinski definition) is 4. The predicted molar refractivity (Wildman–Crippen MR) is 110 cm³/mol. The zero-order chi connectivity index (χ0) is 17.5. The van der Waals surface area contributed by atoms with Gasteiger partial charge >= 0.3 is 0 Å². The van der Waals surface area contributed by atoms with Crippen molar-refractivity contribution in [2.24, 2.45) is 0 Å². The van der Waals surface area contributed by atoms with Gasteiger partial charge in [0.25, 0.3) is 0 Å². The van der Waals surface area contributed by atoms with Gasteiger partial charge in [0.05, 0.1) is 5.75 Å². The molecule has 1 amide bonds. The number of hydrogen-bond donors (Lipinski definition) is 1. The van der Waals surface area contributed by atoms with Crippen molar-refractivity contribution >= 4 is 35.1 Å². The number of rotatable bonds is 6. The fraction of sp³-hybridized carbons (Fsp3) is 0.350. The van der Waals surface area contributed by atoms with Gasteiger partial charge in [-0.1, -0.05) is 29.8 Å². The Morgan fingerprint density at radius 1 is 1.16 bits per heavy atom. The number of aryl methyl sites for hydroxylation is 1. The van der Waals surface area contributed by atoms with E-state index in [1.54, 1.807) is 11.8 Å². The zero-order valence-electron chi connectivity index (χ0n) is 14.5. The van der Waals surface area contributed by atoms with E-state index in [1.807, 2.05) is 23.9 Å². The molecule has 1 aliphatic heterocycles. The Morgan fingerprint density at radius 3 is 2.68 bits per heavy atom. The van der Waals surface area contributed by atoms with E-state index >= 15 is 0 Å². The number of thioether (sulfide) groups is 2. The third kappa shape index (κ3) is 6.10. The van der Waals surface area contributed by atoms with Crippen LogP contribution in [-0.4, -0.2) is 41.2 Å². The first-order valence-corrected chi connectivity index (χ1v) is 10.7. The highest BCUT2D eigenvalue weighted by molar-refractivity contribution is 8.00. The van der Waals surface area contributed by atoms with E-state index in [2.05, 4.69) is 53.5 Å². The fourth-order valence-corrected chi connectivity index (χ4v) is 4.42. The van der Waals surface area contributed by atoms with Crippen molar-refractivity contribution in [2.75, 3.05) is 35.7 Å². The minimum absolute atomic E-state index is 0.0390. The first-order valence-electron chi connectivity index (χ1n) is 8.57. The Hall–Kier alpha value is -1.43. The lowest BCUT2D eigenvalue weighted by Gasteiger charge is -2.26. The maximum atomic E-state index is 12.2. The molecule has 1 saturated heterocycles. The quantitative estimate of drug-likeness (QED) is 0.768. The monoisotopic (exact) mass is 372 g/mol. The third-order valence-electron chi connectivity index (χ3n) is 4.11. The summed E-state index contributed by atoms with van der Waals surface area (Å²) in [6.45, 7) is 5.32. The van der Waals surface area contributed by atoms with Gasteiger partial charge in [0.2, 0.25) is 5.91 Å². The first-order chi connectivity index (χ1) is 12.2. The number of amides is 1. The molecule has 2 aromatic rings. The van der Waals surface area contributed by atoms with Crippen molar-refractivity contribution in [3.05, 3.63) is 59.7 Å². The van der Waals surface area contributed by atoms with Gasteiger partial charge < -0.3 is 5.32 Å². The highest BCUT2D eigenvalue weighted by atomic mass is 32.2. The number of carbonyl (C=O) groups excluding carboxylic acids is 1. The molecule has 0 aliphatic carbocycles. The van der Waals surface area contributed by atoms with Gasteiger partial charge in [-0.3, -0.25) is 9.69 Å². The lowest BCUT2D eigenvalue weighted by molar-refractivity contribution is -0.113. The molecule has 0 spiro atoms. The summed E-state index contributed by atoms with van der Waals surface area (Å²) in [6.07, 6.45) is 0. The Balaban J connectivity index is 1.50. The van der Waals surface area contributed by atoms with Crippen LogP contribution < -0.4 is 5.32 Å². The Labute approximate surface area is 158 Å². The summed E-state index contributed by atoms with van der Waals surface area (Å²) in [5, 5.41) is 3.02. The number of benzene rings is 2. The van der Waals surface area contributed by atoms with Crippen LogP contribution in [0.3, 0.4) is 0 Å². The van der Waals surface area contributed by atoms with E-state index in [0.29, 0.717) is 5.75 Å². The highest BCUT2D eigenvalue weighted by Crippen LogP contribution is 2.20. The van der Waals surface area contributed by atoms with Crippen LogP contribution in [0.25, 0.3) is 0 Å². The Kier molecular flexibility index (Phi) is 6.84. The molecule has 1 heterocycles. The summed E-state index contributed by atoms with van der Waals surface area (Å²) in [5.41, 5.74) is 3.38. The highest BCUT2D eigenvalue weighted by Gasteiger charge is 2.11. The lowest BCUT2D eigenvalue weighted by atomic mass is 10.2. The van der Waals surface area contributed by atoms with Crippen LogP contribution in [-0.2, 0) is 11.3 Å². The molecule has 3 nitrogen and oxygen atoms in total. The first kappa shape index (κ1) is 18.4. The van der Waals surface area contributed by atoms with Crippen LogP contribution in [0.5, 0.6) is 0 Å². The van der Waals surface area contributed by atoms with Crippen molar-refractivity contribution < 1.29 is 4.79 Å². The van der Waals surface area contributed by atoms with Crippen molar-refractivity contribution in [3.8, 4) is 0 Å². The van der Waals surface area contributed by atoms with Gasteiger partial charge in [-0.2, -0.15) is 11.8 Å². The van der Waals surface area contributed by atoms with E-state index in [0.717, 1.165) is 30.2 Å². The van der Waals surface area contributed by atoms with Crippen molar-refractivity contribution in [1.29, 1.82) is 0 Å². The summed E-state index contributed by atoms with van der Waals surface area (Å²) in [5.74, 6) is 2.90. The molecule has 0 atom stereocenters. The smallest absolute Gasteiger partial charge is 0.234 e. The van der Waals surface area contributed by atoms with Gasteiger partial charge in [0, 0.05) is 41.7 Å². The molecule has 1 aliphatic rings. The molecule has 0 radical (unpaired) electrons. The van der Waals surface area contributed by atoms with Crippen LogP contribution in [0.4, 0.5) is 5.69 Å². The van der Waals surface area contributed by atoms with Crippen LogP contribution in [0.1, 0.15) is 11.1 Å². The summed E-state index contributed by atoms with van der Waals surface area (Å²) in [7, 11) is 0. The van der Waals surface area contributed by atoms with Crippen LogP contribution in [0.15, 0.2) is 53.4 Å². The SMILES string of the molecule is Cc1ccc(SCC(=O)Nc2cccc(CN3CCSCC3)c2)cc1.